The standard InChI is InChI=1S/C16H16N4O/c1-21-16-7-3-6-14(19-16)11-17-13-5-2-4-12(10-13)15-8-9-18-20-15/h2-10,17H,11H2,1H3,(H,18,20). The molecule has 0 radical (unpaired) electrons. The number of nitrogens with zero attached hydrogens (tertiary/aromatic N) is 2. The lowest BCUT2D eigenvalue weighted by atomic mass is 10.1. The van der Waals surface area contributed by atoms with E-state index in [-0.39, 0.29) is 0 Å². The minimum absolute atomic E-state index is 0.625. The SMILES string of the molecule is COc1cccc(CNc2cccc(-c3ccn[nH]3)c2)n1. The van der Waals surface area contributed by atoms with Crippen molar-refractivity contribution in [1.82, 2.24) is 15.2 Å². The smallest absolute Gasteiger partial charge is 0.213 e. The summed E-state index contributed by atoms with van der Waals surface area (Å²) in [6.07, 6.45) is 1.75. The molecule has 0 fully saturated rings. The summed E-state index contributed by atoms with van der Waals surface area (Å²) < 4.78 is 5.12. The van der Waals surface area contributed by atoms with E-state index in [0.29, 0.717) is 12.4 Å². The lowest BCUT2D eigenvalue weighted by Crippen LogP contribution is -2.02. The van der Waals surface area contributed by atoms with Gasteiger partial charge in [0.2, 0.25) is 5.88 Å². The van der Waals surface area contributed by atoms with Gasteiger partial charge >= 0.3 is 0 Å². The van der Waals surface area contributed by atoms with Crippen LogP contribution in [0.25, 0.3) is 11.3 Å². The molecule has 0 aliphatic carbocycles. The average molecular weight is 280 g/mol. The molecule has 106 valence electrons. The molecule has 2 N–H and O–H groups in total. The molecule has 3 rings (SSSR count). The van der Waals surface area contributed by atoms with Crippen LogP contribution in [0.2, 0.25) is 0 Å². The van der Waals surface area contributed by atoms with Crippen molar-refractivity contribution in [3.8, 4) is 17.1 Å². The summed E-state index contributed by atoms with van der Waals surface area (Å²) in [5.41, 5.74) is 4.06. The molecule has 2 aromatic heterocycles. The van der Waals surface area contributed by atoms with Crippen LogP contribution in [0, 0.1) is 0 Å². The van der Waals surface area contributed by atoms with Gasteiger partial charge in [-0.3, -0.25) is 5.10 Å². The predicted molar refractivity (Wildman–Crippen MR) is 82.1 cm³/mol. The van der Waals surface area contributed by atoms with Crippen LogP contribution in [0.1, 0.15) is 5.69 Å². The average Bonchev–Trinajstić information content (AvgIpc) is 3.08. The molecule has 5 heteroatoms. The first-order valence-corrected chi connectivity index (χ1v) is 6.69. The van der Waals surface area contributed by atoms with Crippen LogP contribution < -0.4 is 10.1 Å². The zero-order chi connectivity index (χ0) is 14.5. The molecule has 0 spiro atoms. The van der Waals surface area contributed by atoms with Crippen LogP contribution in [0.4, 0.5) is 5.69 Å². The molecular formula is C16H16N4O. The van der Waals surface area contributed by atoms with E-state index >= 15 is 0 Å². The fourth-order valence-corrected chi connectivity index (χ4v) is 2.08. The zero-order valence-electron chi connectivity index (χ0n) is 11.7. The Labute approximate surface area is 123 Å². The number of pyridine rings is 1. The van der Waals surface area contributed by atoms with Crippen LogP contribution in [0.5, 0.6) is 5.88 Å². The molecule has 0 aliphatic heterocycles. The molecule has 21 heavy (non-hydrogen) atoms. The number of aromatic amines is 1. The second-order valence-electron chi connectivity index (χ2n) is 4.58. The zero-order valence-corrected chi connectivity index (χ0v) is 11.7. The first kappa shape index (κ1) is 13.2. The Morgan fingerprint density at radius 2 is 2.05 bits per heavy atom. The van der Waals surface area contributed by atoms with Crippen molar-refractivity contribution in [3.05, 3.63) is 60.4 Å². The van der Waals surface area contributed by atoms with Gasteiger partial charge in [0.25, 0.3) is 0 Å². The van der Waals surface area contributed by atoms with Crippen LogP contribution in [-0.2, 0) is 6.54 Å². The fourth-order valence-electron chi connectivity index (χ4n) is 2.08. The van der Waals surface area contributed by atoms with E-state index in [4.69, 9.17) is 4.74 Å². The first-order chi connectivity index (χ1) is 10.3. The van der Waals surface area contributed by atoms with Gasteiger partial charge in [0.15, 0.2) is 0 Å². The van der Waals surface area contributed by atoms with Gasteiger partial charge in [-0.15, -0.1) is 0 Å². The van der Waals surface area contributed by atoms with Crippen LogP contribution in [0.3, 0.4) is 0 Å². The molecule has 0 unspecified atom stereocenters. The van der Waals surface area contributed by atoms with Crippen LogP contribution in [-0.4, -0.2) is 22.3 Å². The maximum Gasteiger partial charge on any atom is 0.213 e. The Hall–Kier alpha value is -2.82. The summed E-state index contributed by atoms with van der Waals surface area (Å²) in [4.78, 5) is 4.38. The molecule has 1 aromatic carbocycles. The van der Waals surface area contributed by atoms with Gasteiger partial charge in [0, 0.05) is 23.5 Å². The minimum Gasteiger partial charge on any atom is -0.481 e. The number of H-pyrrole nitrogens is 1. The highest BCUT2D eigenvalue weighted by Crippen LogP contribution is 2.20. The second kappa shape index (κ2) is 6.09. The lowest BCUT2D eigenvalue weighted by molar-refractivity contribution is 0.396. The number of ether oxygens (including phenoxy) is 1. The van der Waals surface area contributed by atoms with E-state index in [1.54, 1.807) is 13.3 Å². The number of hydrogen-bond donors (Lipinski definition) is 2. The van der Waals surface area contributed by atoms with E-state index in [9.17, 15) is 0 Å². The van der Waals surface area contributed by atoms with Gasteiger partial charge in [-0.25, -0.2) is 4.98 Å². The Bertz CT molecular complexity index is 710. The molecule has 0 saturated carbocycles. The van der Waals surface area contributed by atoms with Crippen LogP contribution >= 0.6 is 0 Å². The highest BCUT2D eigenvalue weighted by molar-refractivity contribution is 5.64. The molecule has 2 heterocycles. The highest BCUT2D eigenvalue weighted by atomic mass is 16.5. The minimum atomic E-state index is 0.625. The van der Waals surface area contributed by atoms with Crippen molar-refractivity contribution >= 4 is 5.69 Å². The van der Waals surface area contributed by atoms with Crippen LogP contribution in [0.15, 0.2) is 54.7 Å². The van der Waals surface area contributed by atoms with Crippen molar-refractivity contribution in [1.29, 1.82) is 0 Å². The molecule has 3 aromatic rings. The van der Waals surface area contributed by atoms with E-state index < -0.39 is 0 Å². The number of anilines is 1. The number of benzene rings is 1. The van der Waals surface area contributed by atoms with Crippen molar-refractivity contribution < 1.29 is 4.74 Å². The van der Waals surface area contributed by atoms with Gasteiger partial charge in [0.1, 0.15) is 0 Å². The third-order valence-electron chi connectivity index (χ3n) is 3.14. The Morgan fingerprint density at radius 3 is 2.86 bits per heavy atom. The summed E-state index contributed by atoms with van der Waals surface area (Å²) in [5, 5.41) is 10.3. The third kappa shape index (κ3) is 3.20. The van der Waals surface area contributed by atoms with Gasteiger partial charge in [-0.2, -0.15) is 5.10 Å². The quantitative estimate of drug-likeness (QED) is 0.754. The number of rotatable bonds is 5. The number of nitrogens with one attached hydrogen (secondary N) is 2. The normalized spacial score (nSPS) is 10.3. The van der Waals surface area contributed by atoms with Crippen molar-refractivity contribution in [2.24, 2.45) is 0 Å². The molecule has 0 saturated heterocycles. The Kier molecular flexibility index (Phi) is 3.82. The number of methoxy groups -OCH3 is 1. The first-order valence-electron chi connectivity index (χ1n) is 6.69. The summed E-state index contributed by atoms with van der Waals surface area (Å²) in [6, 6.07) is 15.8. The molecule has 0 bridgehead atoms. The van der Waals surface area contributed by atoms with Gasteiger partial charge in [-0.1, -0.05) is 18.2 Å². The second-order valence-corrected chi connectivity index (χ2v) is 4.58. The summed E-state index contributed by atoms with van der Waals surface area (Å²) in [5.74, 6) is 0.625. The van der Waals surface area contributed by atoms with E-state index in [1.165, 1.54) is 0 Å². The number of aromatic nitrogens is 3. The van der Waals surface area contributed by atoms with Gasteiger partial charge in [0.05, 0.1) is 25.0 Å². The fraction of sp³-hybridized carbons (Fsp3) is 0.125. The molecular weight excluding hydrogens is 264 g/mol. The summed E-state index contributed by atoms with van der Waals surface area (Å²) in [7, 11) is 1.62. The van der Waals surface area contributed by atoms with E-state index in [2.05, 4.69) is 26.6 Å². The topological polar surface area (TPSA) is 62.8 Å². The molecule has 0 aliphatic rings. The largest absolute Gasteiger partial charge is 0.481 e. The third-order valence-corrected chi connectivity index (χ3v) is 3.14. The maximum absolute atomic E-state index is 5.12. The van der Waals surface area contributed by atoms with Gasteiger partial charge in [-0.05, 0) is 24.3 Å². The van der Waals surface area contributed by atoms with E-state index in [0.717, 1.165) is 22.6 Å². The van der Waals surface area contributed by atoms with Crippen molar-refractivity contribution in [3.63, 3.8) is 0 Å². The Balaban J connectivity index is 1.72. The van der Waals surface area contributed by atoms with Crippen molar-refractivity contribution in [2.75, 3.05) is 12.4 Å². The number of hydrogen-bond acceptors (Lipinski definition) is 4. The van der Waals surface area contributed by atoms with Gasteiger partial charge < -0.3 is 10.1 Å². The molecule has 0 amide bonds. The molecule has 0 atom stereocenters. The predicted octanol–water partition coefficient (Wildman–Crippen LogP) is 3.09. The monoisotopic (exact) mass is 280 g/mol. The summed E-state index contributed by atoms with van der Waals surface area (Å²) >= 11 is 0. The Morgan fingerprint density at radius 1 is 1.14 bits per heavy atom. The molecule has 5 nitrogen and oxygen atoms in total. The summed E-state index contributed by atoms with van der Waals surface area (Å²) in [6.45, 7) is 0.642. The van der Waals surface area contributed by atoms with Crippen molar-refractivity contribution in [2.45, 2.75) is 6.54 Å². The lowest BCUT2D eigenvalue weighted by Gasteiger charge is -2.08. The maximum atomic E-state index is 5.12. The van der Waals surface area contributed by atoms with E-state index in [1.807, 2.05) is 42.5 Å². The highest BCUT2D eigenvalue weighted by Gasteiger charge is 2.01.